The molecule has 1 aromatic heterocycles. The van der Waals surface area contributed by atoms with E-state index in [1.54, 1.807) is 11.4 Å². The Kier molecular flexibility index (Phi) is 8.71. The van der Waals surface area contributed by atoms with Gasteiger partial charge in [-0.15, -0.1) is 23.7 Å². The smallest absolute Gasteiger partial charge is 0.260 e. The van der Waals surface area contributed by atoms with Crippen LogP contribution >= 0.6 is 35.3 Å². The van der Waals surface area contributed by atoms with Gasteiger partial charge in [0.1, 0.15) is 10.8 Å². The monoisotopic (exact) mass is 403 g/mol. The Labute approximate surface area is 161 Å². The van der Waals surface area contributed by atoms with Crippen molar-refractivity contribution in [2.24, 2.45) is 0 Å². The molecule has 0 aliphatic carbocycles. The summed E-state index contributed by atoms with van der Waals surface area (Å²) in [6.07, 6.45) is 0. The molecule has 2 rings (SSSR count). The molecule has 0 spiro atoms. The van der Waals surface area contributed by atoms with Crippen LogP contribution in [0.1, 0.15) is 27.6 Å². The molecule has 0 aliphatic heterocycles. The van der Waals surface area contributed by atoms with E-state index in [0.29, 0.717) is 28.7 Å². The molecule has 0 atom stereocenters. The third kappa shape index (κ3) is 5.89. The molecule has 6 nitrogen and oxygen atoms in total. The highest BCUT2D eigenvalue weighted by atomic mass is 35.5. The van der Waals surface area contributed by atoms with Crippen LogP contribution in [0, 0.1) is 0 Å². The number of hydrogen-bond acceptors (Lipinski definition) is 5. The van der Waals surface area contributed by atoms with Gasteiger partial charge in [0.15, 0.2) is 0 Å². The molecular formula is C16H19Cl2N3O3S. The maximum Gasteiger partial charge on any atom is 0.260 e. The number of carbonyl (C=O) groups is 2. The molecule has 0 bridgehead atoms. The third-order valence-electron chi connectivity index (χ3n) is 3.18. The second kappa shape index (κ2) is 10.2. The average Bonchev–Trinajstić information content (AvgIpc) is 2.99. The van der Waals surface area contributed by atoms with E-state index >= 15 is 0 Å². The Morgan fingerprint density at radius 1 is 1.16 bits per heavy atom. The number of carbonyl (C=O) groups excluding carboxylic acids is 2. The fraction of sp³-hybridized carbons (Fsp3) is 0.250. The number of thiophene rings is 1. The number of benzene rings is 1. The maximum absolute atomic E-state index is 12.3. The first kappa shape index (κ1) is 21.2. The van der Waals surface area contributed by atoms with Crippen LogP contribution in [0.15, 0.2) is 29.6 Å². The van der Waals surface area contributed by atoms with Crippen LogP contribution in [-0.2, 0) is 0 Å². The molecule has 136 valence electrons. The number of aromatic hydroxyl groups is 1. The molecule has 0 fully saturated rings. The van der Waals surface area contributed by atoms with Gasteiger partial charge in [-0.2, -0.15) is 0 Å². The van der Waals surface area contributed by atoms with E-state index in [9.17, 15) is 14.7 Å². The van der Waals surface area contributed by atoms with E-state index in [2.05, 4.69) is 16.0 Å². The summed E-state index contributed by atoms with van der Waals surface area (Å²) in [6.45, 7) is 3.99. The predicted molar refractivity (Wildman–Crippen MR) is 104 cm³/mol. The Morgan fingerprint density at radius 3 is 2.60 bits per heavy atom. The predicted octanol–water partition coefficient (Wildman–Crippen LogP) is 3.12. The molecule has 1 heterocycles. The van der Waals surface area contributed by atoms with Crippen molar-refractivity contribution in [2.75, 3.05) is 25.0 Å². The molecule has 0 unspecified atom stereocenters. The summed E-state index contributed by atoms with van der Waals surface area (Å²) in [5, 5.41) is 20.8. The first-order valence-electron chi connectivity index (χ1n) is 7.39. The summed E-state index contributed by atoms with van der Waals surface area (Å²) >= 11 is 6.99. The molecular weight excluding hydrogens is 385 g/mol. The van der Waals surface area contributed by atoms with Gasteiger partial charge in [-0.25, -0.2) is 0 Å². The molecule has 0 aliphatic rings. The van der Waals surface area contributed by atoms with Gasteiger partial charge < -0.3 is 21.1 Å². The minimum atomic E-state index is -0.506. The van der Waals surface area contributed by atoms with Crippen molar-refractivity contribution in [2.45, 2.75) is 6.92 Å². The number of hydrogen-bond donors (Lipinski definition) is 4. The summed E-state index contributed by atoms with van der Waals surface area (Å²) in [7, 11) is 0. The molecule has 0 saturated carbocycles. The Morgan fingerprint density at radius 2 is 1.92 bits per heavy atom. The van der Waals surface area contributed by atoms with Gasteiger partial charge in [0.05, 0.1) is 11.1 Å². The summed E-state index contributed by atoms with van der Waals surface area (Å²) in [5.41, 5.74) is 0.476. The number of anilines is 1. The van der Waals surface area contributed by atoms with Crippen LogP contribution in [0.4, 0.5) is 5.00 Å². The zero-order chi connectivity index (χ0) is 17.5. The van der Waals surface area contributed by atoms with Crippen LogP contribution < -0.4 is 16.0 Å². The lowest BCUT2D eigenvalue weighted by Gasteiger charge is -2.09. The van der Waals surface area contributed by atoms with Gasteiger partial charge >= 0.3 is 0 Å². The first-order valence-corrected chi connectivity index (χ1v) is 8.65. The van der Waals surface area contributed by atoms with E-state index in [1.165, 1.54) is 29.5 Å². The van der Waals surface area contributed by atoms with E-state index in [-0.39, 0.29) is 29.6 Å². The quantitative estimate of drug-likeness (QED) is 0.534. The lowest BCUT2D eigenvalue weighted by Crippen LogP contribution is -2.32. The second-order valence-electron chi connectivity index (χ2n) is 4.89. The lowest BCUT2D eigenvalue weighted by molar-refractivity contribution is 0.0955. The Bertz CT molecular complexity index is 737. The number of amides is 2. The number of phenols is 1. The van der Waals surface area contributed by atoms with Crippen LogP contribution in [0.5, 0.6) is 5.75 Å². The van der Waals surface area contributed by atoms with E-state index in [0.717, 1.165) is 6.54 Å². The Balaban J connectivity index is 0.00000312. The SMILES string of the molecule is CCNCCNC(=O)c1ccsc1NC(=O)c1ccc(Cl)cc1O.Cl. The maximum atomic E-state index is 12.3. The van der Waals surface area contributed by atoms with Crippen LogP contribution in [-0.4, -0.2) is 36.6 Å². The number of phenolic OH excluding ortho intramolecular Hbond substituents is 1. The van der Waals surface area contributed by atoms with Crippen molar-refractivity contribution in [1.82, 2.24) is 10.6 Å². The molecule has 0 radical (unpaired) electrons. The molecule has 2 aromatic rings. The summed E-state index contributed by atoms with van der Waals surface area (Å²) in [5.74, 6) is -0.980. The van der Waals surface area contributed by atoms with Crippen molar-refractivity contribution >= 4 is 52.2 Å². The van der Waals surface area contributed by atoms with Crippen LogP contribution in [0.2, 0.25) is 5.02 Å². The molecule has 1 aromatic carbocycles. The topological polar surface area (TPSA) is 90.5 Å². The van der Waals surface area contributed by atoms with Gasteiger partial charge in [-0.1, -0.05) is 18.5 Å². The van der Waals surface area contributed by atoms with Crippen molar-refractivity contribution in [3.63, 3.8) is 0 Å². The first-order chi connectivity index (χ1) is 11.5. The number of rotatable bonds is 7. The zero-order valence-electron chi connectivity index (χ0n) is 13.5. The minimum absolute atomic E-state index is 0. The van der Waals surface area contributed by atoms with Gasteiger partial charge in [0, 0.05) is 18.1 Å². The largest absolute Gasteiger partial charge is 0.507 e. The molecule has 4 N–H and O–H groups in total. The van der Waals surface area contributed by atoms with Gasteiger partial charge in [-0.3, -0.25) is 9.59 Å². The van der Waals surface area contributed by atoms with E-state index in [1.807, 2.05) is 6.92 Å². The Hall–Kier alpha value is -1.80. The highest BCUT2D eigenvalue weighted by Gasteiger charge is 2.17. The van der Waals surface area contributed by atoms with Gasteiger partial charge in [-0.05, 0) is 36.2 Å². The standard InChI is InChI=1S/C16H18ClN3O3S.ClH/c1-2-18-6-7-19-14(22)12-5-8-24-16(12)20-15(23)11-4-3-10(17)9-13(11)21;/h3-5,8-9,18,21H,2,6-7H2,1H3,(H,19,22)(H,20,23);1H. The van der Waals surface area contributed by atoms with Crippen molar-refractivity contribution in [3.8, 4) is 5.75 Å². The van der Waals surface area contributed by atoms with Crippen molar-refractivity contribution in [1.29, 1.82) is 0 Å². The van der Waals surface area contributed by atoms with Crippen molar-refractivity contribution in [3.05, 3.63) is 45.8 Å². The van der Waals surface area contributed by atoms with E-state index < -0.39 is 5.91 Å². The zero-order valence-corrected chi connectivity index (χ0v) is 15.9. The summed E-state index contributed by atoms with van der Waals surface area (Å²) in [6, 6.07) is 5.87. The summed E-state index contributed by atoms with van der Waals surface area (Å²) < 4.78 is 0. The summed E-state index contributed by atoms with van der Waals surface area (Å²) in [4.78, 5) is 24.4. The van der Waals surface area contributed by atoms with Gasteiger partial charge in [0.25, 0.3) is 11.8 Å². The number of nitrogens with one attached hydrogen (secondary N) is 3. The van der Waals surface area contributed by atoms with Gasteiger partial charge in [0.2, 0.25) is 0 Å². The highest BCUT2D eigenvalue weighted by Crippen LogP contribution is 2.26. The van der Waals surface area contributed by atoms with Crippen LogP contribution in [0.25, 0.3) is 0 Å². The third-order valence-corrected chi connectivity index (χ3v) is 4.24. The number of halogens is 2. The lowest BCUT2D eigenvalue weighted by atomic mass is 10.2. The molecule has 9 heteroatoms. The van der Waals surface area contributed by atoms with Crippen LogP contribution in [0.3, 0.4) is 0 Å². The molecule has 25 heavy (non-hydrogen) atoms. The highest BCUT2D eigenvalue weighted by molar-refractivity contribution is 7.14. The fourth-order valence-corrected chi connectivity index (χ4v) is 2.93. The average molecular weight is 404 g/mol. The minimum Gasteiger partial charge on any atom is -0.507 e. The van der Waals surface area contributed by atoms with E-state index in [4.69, 9.17) is 11.6 Å². The normalized spacial score (nSPS) is 10.0. The van der Waals surface area contributed by atoms with Crippen molar-refractivity contribution < 1.29 is 14.7 Å². The number of likely N-dealkylation sites (N-methyl/N-ethyl adjacent to an activating group) is 1. The molecule has 0 saturated heterocycles. The fourth-order valence-electron chi connectivity index (χ4n) is 1.99. The molecule has 2 amide bonds. The second-order valence-corrected chi connectivity index (χ2v) is 6.24.